The summed E-state index contributed by atoms with van der Waals surface area (Å²) in [6.07, 6.45) is 1.49. The summed E-state index contributed by atoms with van der Waals surface area (Å²) in [7, 11) is -1.44. The van der Waals surface area contributed by atoms with E-state index in [4.69, 9.17) is 14.2 Å². The number of nitrogens with one attached hydrogen (secondary N) is 1. The van der Waals surface area contributed by atoms with E-state index in [9.17, 15) is 18.0 Å². The quantitative estimate of drug-likeness (QED) is 0.664. The molecule has 1 N–H and O–H groups in total. The number of anilines is 2. The highest BCUT2D eigenvalue weighted by Crippen LogP contribution is 2.28. The Kier molecular flexibility index (Phi) is 6.15. The number of rotatable bonds is 6. The smallest absolute Gasteiger partial charge is 0.355 e. The molecule has 10 nitrogen and oxygen atoms in total. The Morgan fingerprint density at radius 3 is 2.45 bits per heavy atom. The molecule has 0 saturated carbocycles. The highest BCUT2D eigenvalue weighted by molar-refractivity contribution is 7.93. The number of aromatic nitrogens is 1. The molecule has 0 fully saturated rings. The third-order valence-electron chi connectivity index (χ3n) is 3.95. The SMILES string of the molecule is COC(=O)C1=C(C(=O)OC)N(c2ccc(S(=O)(=O)Nc3nccs3)cc2)COC1. The Bertz CT molecular complexity index is 1030. The van der Waals surface area contributed by atoms with E-state index in [1.54, 1.807) is 5.38 Å². The monoisotopic (exact) mass is 439 g/mol. The van der Waals surface area contributed by atoms with Gasteiger partial charge in [0.2, 0.25) is 0 Å². The molecule has 0 unspecified atom stereocenters. The average Bonchev–Trinajstić information content (AvgIpc) is 3.24. The molecule has 0 bridgehead atoms. The average molecular weight is 439 g/mol. The molecule has 0 saturated heterocycles. The van der Waals surface area contributed by atoms with E-state index in [1.807, 2.05) is 0 Å². The van der Waals surface area contributed by atoms with Crippen LogP contribution >= 0.6 is 11.3 Å². The van der Waals surface area contributed by atoms with Gasteiger partial charge >= 0.3 is 11.9 Å². The molecular weight excluding hydrogens is 422 g/mol. The van der Waals surface area contributed by atoms with E-state index < -0.39 is 22.0 Å². The minimum atomic E-state index is -3.82. The summed E-state index contributed by atoms with van der Waals surface area (Å²) >= 11 is 1.15. The molecule has 0 aliphatic carbocycles. The highest BCUT2D eigenvalue weighted by Gasteiger charge is 2.32. The van der Waals surface area contributed by atoms with Crippen LogP contribution in [0.2, 0.25) is 0 Å². The highest BCUT2D eigenvalue weighted by atomic mass is 32.2. The topological polar surface area (TPSA) is 124 Å². The molecule has 3 rings (SSSR count). The van der Waals surface area contributed by atoms with E-state index in [2.05, 4.69) is 9.71 Å². The first-order valence-corrected chi connectivity index (χ1v) is 10.5. The predicted octanol–water partition coefficient (Wildman–Crippen LogP) is 1.34. The van der Waals surface area contributed by atoms with E-state index in [-0.39, 0.29) is 34.6 Å². The van der Waals surface area contributed by atoms with Crippen LogP contribution in [-0.4, -0.2) is 52.9 Å². The van der Waals surface area contributed by atoms with Gasteiger partial charge in [-0.15, -0.1) is 11.3 Å². The van der Waals surface area contributed by atoms with Crippen molar-refractivity contribution >= 4 is 44.1 Å². The van der Waals surface area contributed by atoms with Crippen molar-refractivity contribution in [2.75, 3.05) is 37.2 Å². The number of ether oxygens (including phenoxy) is 3. The maximum Gasteiger partial charge on any atom is 0.355 e. The van der Waals surface area contributed by atoms with Crippen LogP contribution in [0.3, 0.4) is 0 Å². The lowest BCUT2D eigenvalue weighted by Crippen LogP contribution is -2.38. The Morgan fingerprint density at radius 2 is 1.86 bits per heavy atom. The number of esters is 2. The lowest BCUT2D eigenvalue weighted by Gasteiger charge is -2.31. The lowest BCUT2D eigenvalue weighted by molar-refractivity contribution is -0.140. The van der Waals surface area contributed by atoms with Crippen LogP contribution in [0.25, 0.3) is 0 Å². The summed E-state index contributed by atoms with van der Waals surface area (Å²) in [6.45, 7) is -0.147. The van der Waals surface area contributed by atoms with Crippen LogP contribution in [0.15, 0.2) is 52.0 Å². The van der Waals surface area contributed by atoms with Gasteiger partial charge < -0.3 is 19.1 Å². The van der Waals surface area contributed by atoms with Crippen LogP contribution in [0.1, 0.15) is 0 Å². The molecule has 2 aromatic rings. The summed E-state index contributed by atoms with van der Waals surface area (Å²) in [5.74, 6) is -1.46. The van der Waals surface area contributed by atoms with Crippen molar-refractivity contribution in [3.63, 3.8) is 0 Å². The Morgan fingerprint density at radius 1 is 1.17 bits per heavy atom. The molecule has 1 aliphatic heterocycles. The summed E-state index contributed by atoms with van der Waals surface area (Å²) in [5.41, 5.74) is 0.412. The van der Waals surface area contributed by atoms with Gasteiger partial charge in [-0.2, -0.15) is 0 Å². The number of hydrogen-bond donors (Lipinski definition) is 1. The summed E-state index contributed by atoms with van der Waals surface area (Å²) in [5, 5.41) is 1.90. The van der Waals surface area contributed by atoms with Crippen LogP contribution in [0.5, 0.6) is 0 Å². The number of sulfonamides is 1. The fourth-order valence-corrected chi connectivity index (χ4v) is 4.39. The molecule has 0 spiro atoms. The van der Waals surface area contributed by atoms with Crippen molar-refractivity contribution in [2.45, 2.75) is 4.90 Å². The summed E-state index contributed by atoms with van der Waals surface area (Å²) in [4.78, 5) is 29.6. The van der Waals surface area contributed by atoms with Crippen molar-refractivity contribution in [3.8, 4) is 0 Å². The second kappa shape index (κ2) is 8.59. The Labute approximate surface area is 170 Å². The van der Waals surface area contributed by atoms with Gasteiger partial charge in [-0.3, -0.25) is 4.72 Å². The van der Waals surface area contributed by atoms with Gasteiger partial charge in [-0.1, -0.05) is 0 Å². The molecule has 154 valence electrons. The standard InChI is InChI=1S/C17H17N3O7S2/c1-25-15(21)13-9-27-10-20(14(13)16(22)26-2)11-3-5-12(6-4-11)29(23,24)19-17-18-7-8-28-17/h3-8H,9-10H2,1-2H3,(H,18,19). The molecule has 1 aromatic heterocycles. The molecule has 1 aliphatic rings. The third kappa shape index (κ3) is 4.39. The van der Waals surface area contributed by atoms with Gasteiger partial charge in [0.15, 0.2) is 5.13 Å². The number of carbonyl (C=O) groups is 2. The molecule has 2 heterocycles. The third-order valence-corrected chi connectivity index (χ3v) is 6.12. The number of benzene rings is 1. The number of carbonyl (C=O) groups excluding carboxylic acids is 2. The number of thiazole rings is 1. The van der Waals surface area contributed by atoms with Gasteiger partial charge in [-0.05, 0) is 24.3 Å². The second-order valence-corrected chi connectivity index (χ2v) is 8.23. The normalized spacial score (nSPS) is 14.5. The zero-order valence-corrected chi connectivity index (χ0v) is 17.1. The second-order valence-electron chi connectivity index (χ2n) is 5.65. The maximum absolute atomic E-state index is 12.5. The number of nitrogens with zero attached hydrogens (tertiary/aromatic N) is 2. The van der Waals surface area contributed by atoms with Crippen molar-refractivity contribution in [2.24, 2.45) is 0 Å². The van der Waals surface area contributed by atoms with Gasteiger partial charge in [0.25, 0.3) is 10.0 Å². The maximum atomic E-state index is 12.5. The zero-order chi connectivity index (χ0) is 21.0. The van der Waals surface area contributed by atoms with Crippen LogP contribution < -0.4 is 9.62 Å². The van der Waals surface area contributed by atoms with Gasteiger partial charge in [0, 0.05) is 17.3 Å². The van der Waals surface area contributed by atoms with Crippen molar-refractivity contribution < 1.29 is 32.2 Å². The fraction of sp³-hybridized carbons (Fsp3) is 0.235. The molecular formula is C17H17N3O7S2. The molecule has 29 heavy (non-hydrogen) atoms. The van der Waals surface area contributed by atoms with E-state index in [1.165, 1.54) is 49.6 Å². The van der Waals surface area contributed by atoms with E-state index in [0.717, 1.165) is 11.3 Å². The Hall–Kier alpha value is -2.96. The predicted molar refractivity (Wildman–Crippen MR) is 104 cm³/mol. The molecule has 0 radical (unpaired) electrons. The molecule has 0 amide bonds. The van der Waals surface area contributed by atoms with Crippen molar-refractivity contribution in [1.29, 1.82) is 0 Å². The lowest BCUT2D eigenvalue weighted by atomic mass is 10.1. The van der Waals surface area contributed by atoms with Crippen LogP contribution in [-0.2, 0) is 33.8 Å². The first-order chi connectivity index (χ1) is 13.9. The van der Waals surface area contributed by atoms with Gasteiger partial charge in [0.1, 0.15) is 12.4 Å². The Balaban J connectivity index is 1.93. The minimum absolute atomic E-state index is 0.00571. The molecule has 1 aromatic carbocycles. The fourth-order valence-electron chi connectivity index (χ4n) is 2.60. The molecule has 12 heteroatoms. The largest absolute Gasteiger partial charge is 0.466 e. The van der Waals surface area contributed by atoms with Crippen LogP contribution in [0.4, 0.5) is 10.8 Å². The number of hydrogen-bond acceptors (Lipinski definition) is 10. The van der Waals surface area contributed by atoms with E-state index in [0.29, 0.717) is 5.69 Å². The minimum Gasteiger partial charge on any atom is -0.466 e. The van der Waals surface area contributed by atoms with Crippen molar-refractivity contribution in [1.82, 2.24) is 4.98 Å². The van der Waals surface area contributed by atoms with Crippen LogP contribution in [0, 0.1) is 0 Å². The first-order valence-electron chi connectivity index (χ1n) is 8.15. The first kappa shape index (κ1) is 20.8. The molecule has 0 atom stereocenters. The zero-order valence-electron chi connectivity index (χ0n) is 15.4. The summed E-state index contributed by atoms with van der Waals surface area (Å²) < 4.78 is 42.2. The van der Waals surface area contributed by atoms with Crippen molar-refractivity contribution in [3.05, 3.63) is 47.1 Å². The van der Waals surface area contributed by atoms with Gasteiger partial charge in [0.05, 0.1) is 31.3 Å². The van der Waals surface area contributed by atoms with E-state index >= 15 is 0 Å². The summed E-state index contributed by atoms with van der Waals surface area (Å²) in [6, 6.07) is 5.71. The number of methoxy groups -OCH3 is 2. The van der Waals surface area contributed by atoms with Gasteiger partial charge in [-0.25, -0.2) is 23.0 Å².